The largest absolute Gasteiger partial charge is 0.398 e. The lowest BCUT2D eigenvalue weighted by Gasteiger charge is -2.07. The summed E-state index contributed by atoms with van der Waals surface area (Å²) in [6, 6.07) is 12.8. The van der Waals surface area contributed by atoms with E-state index in [1.165, 1.54) is 11.8 Å². The molecule has 0 radical (unpaired) electrons. The van der Waals surface area contributed by atoms with E-state index in [0.717, 1.165) is 15.9 Å². The van der Waals surface area contributed by atoms with Crippen LogP contribution in [0.1, 0.15) is 5.69 Å². The monoisotopic (exact) mass is 317 g/mol. The number of H-pyrrole nitrogens is 1. The van der Waals surface area contributed by atoms with Gasteiger partial charge in [0.1, 0.15) is 5.69 Å². The zero-order valence-electron chi connectivity index (χ0n) is 11.0. The predicted molar refractivity (Wildman–Crippen MR) is 87.8 cm³/mol. The summed E-state index contributed by atoms with van der Waals surface area (Å²) in [5.41, 5.74) is 8.27. The molecule has 3 aromatic rings. The van der Waals surface area contributed by atoms with E-state index < -0.39 is 0 Å². The van der Waals surface area contributed by atoms with Gasteiger partial charge in [-0.1, -0.05) is 29.8 Å². The van der Waals surface area contributed by atoms with Crippen molar-refractivity contribution in [2.75, 3.05) is 5.73 Å². The highest BCUT2D eigenvalue weighted by atomic mass is 35.5. The van der Waals surface area contributed by atoms with E-state index in [2.05, 4.69) is 9.97 Å². The van der Waals surface area contributed by atoms with Crippen LogP contribution in [0.4, 0.5) is 5.69 Å². The van der Waals surface area contributed by atoms with Crippen LogP contribution in [-0.4, -0.2) is 9.97 Å². The average Bonchev–Trinajstić information content (AvgIpc) is 2.47. The minimum absolute atomic E-state index is 0.188. The van der Waals surface area contributed by atoms with Crippen LogP contribution in [0.3, 0.4) is 0 Å². The highest BCUT2D eigenvalue weighted by Gasteiger charge is 2.09. The van der Waals surface area contributed by atoms with Gasteiger partial charge in [-0.25, -0.2) is 4.98 Å². The third-order valence-corrected chi connectivity index (χ3v) is 4.61. The Hall–Kier alpha value is -1.98. The molecule has 0 atom stereocenters. The molecule has 0 aliphatic carbocycles. The highest BCUT2D eigenvalue weighted by molar-refractivity contribution is 7.98. The number of nitrogen functional groups attached to an aromatic ring is 1. The SMILES string of the molecule is Nc1cccc(Cl)c1SCc1nc2ccccc2[nH]c1=O. The molecule has 21 heavy (non-hydrogen) atoms. The number of hydrogen-bond acceptors (Lipinski definition) is 4. The van der Waals surface area contributed by atoms with Gasteiger partial charge >= 0.3 is 0 Å². The van der Waals surface area contributed by atoms with E-state index >= 15 is 0 Å². The molecule has 106 valence electrons. The second-order valence-electron chi connectivity index (χ2n) is 4.48. The van der Waals surface area contributed by atoms with Crippen molar-refractivity contribution in [2.45, 2.75) is 10.6 Å². The van der Waals surface area contributed by atoms with Crippen LogP contribution >= 0.6 is 23.4 Å². The van der Waals surface area contributed by atoms with Crippen molar-refractivity contribution >= 4 is 40.1 Å². The Morgan fingerprint density at radius 1 is 1.19 bits per heavy atom. The van der Waals surface area contributed by atoms with Gasteiger partial charge in [0.2, 0.25) is 0 Å². The van der Waals surface area contributed by atoms with Crippen LogP contribution in [0.2, 0.25) is 5.02 Å². The maximum atomic E-state index is 12.0. The fourth-order valence-electron chi connectivity index (χ4n) is 1.98. The molecule has 6 heteroatoms. The number of rotatable bonds is 3. The second-order valence-corrected chi connectivity index (χ2v) is 5.87. The van der Waals surface area contributed by atoms with Gasteiger partial charge in [0.25, 0.3) is 5.56 Å². The lowest BCUT2D eigenvalue weighted by molar-refractivity contribution is 1.10. The summed E-state index contributed by atoms with van der Waals surface area (Å²) in [4.78, 5) is 20.0. The summed E-state index contributed by atoms with van der Waals surface area (Å²) in [5.74, 6) is 0.411. The van der Waals surface area contributed by atoms with Crippen molar-refractivity contribution < 1.29 is 0 Å². The molecular formula is C15H12ClN3OS. The Labute approximate surface area is 130 Å². The maximum absolute atomic E-state index is 12.0. The first kappa shape index (κ1) is 14.0. The third kappa shape index (κ3) is 2.89. The number of para-hydroxylation sites is 2. The lowest BCUT2D eigenvalue weighted by atomic mass is 10.3. The summed E-state index contributed by atoms with van der Waals surface area (Å²) in [6.07, 6.45) is 0. The molecule has 1 aromatic heterocycles. The summed E-state index contributed by atoms with van der Waals surface area (Å²) < 4.78 is 0. The van der Waals surface area contributed by atoms with Gasteiger partial charge in [-0.3, -0.25) is 4.79 Å². The first-order chi connectivity index (χ1) is 10.1. The number of aromatic amines is 1. The van der Waals surface area contributed by atoms with Crippen molar-refractivity contribution in [2.24, 2.45) is 0 Å². The number of nitrogens with two attached hydrogens (primary N) is 1. The van der Waals surface area contributed by atoms with Crippen molar-refractivity contribution in [3.63, 3.8) is 0 Å². The van der Waals surface area contributed by atoms with E-state index in [1.54, 1.807) is 18.2 Å². The van der Waals surface area contributed by atoms with Crippen molar-refractivity contribution in [3.8, 4) is 0 Å². The first-order valence-electron chi connectivity index (χ1n) is 6.30. The fourth-order valence-corrected chi connectivity index (χ4v) is 3.25. The van der Waals surface area contributed by atoms with Crippen LogP contribution in [0.15, 0.2) is 52.2 Å². The van der Waals surface area contributed by atoms with Crippen molar-refractivity contribution in [1.82, 2.24) is 9.97 Å². The Balaban J connectivity index is 1.92. The molecule has 0 fully saturated rings. The molecule has 0 aliphatic heterocycles. The standard InChI is InChI=1S/C15H12ClN3OS/c16-9-4-3-5-10(17)14(9)21-8-13-15(20)19-12-7-2-1-6-11(12)18-13/h1-7H,8,17H2,(H,19,20). The van der Waals surface area contributed by atoms with E-state index in [9.17, 15) is 4.79 Å². The fraction of sp³-hybridized carbons (Fsp3) is 0.0667. The Morgan fingerprint density at radius 2 is 2.00 bits per heavy atom. The Kier molecular flexibility index (Phi) is 3.86. The second kappa shape index (κ2) is 5.79. The quantitative estimate of drug-likeness (QED) is 0.573. The van der Waals surface area contributed by atoms with Gasteiger partial charge in [-0.05, 0) is 24.3 Å². The zero-order chi connectivity index (χ0) is 14.8. The van der Waals surface area contributed by atoms with E-state index in [4.69, 9.17) is 17.3 Å². The molecule has 1 heterocycles. The number of halogens is 1. The minimum Gasteiger partial charge on any atom is -0.398 e. The van der Waals surface area contributed by atoms with Crippen LogP contribution < -0.4 is 11.3 Å². The van der Waals surface area contributed by atoms with Gasteiger partial charge in [-0.15, -0.1) is 11.8 Å². The molecule has 2 aromatic carbocycles. The molecule has 0 saturated heterocycles. The minimum atomic E-state index is -0.188. The molecule has 0 spiro atoms. The smallest absolute Gasteiger partial charge is 0.271 e. The van der Waals surface area contributed by atoms with Gasteiger partial charge in [0.15, 0.2) is 0 Å². The number of nitrogens with zero attached hydrogens (tertiary/aromatic N) is 1. The number of thioether (sulfide) groups is 1. The number of hydrogen-bond donors (Lipinski definition) is 2. The van der Waals surface area contributed by atoms with Gasteiger partial charge in [-0.2, -0.15) is 0 Å². The third-order valence-electron chi connectivity index (χ3n) is 3.02. The van der Waals surface area contributed by atoms with Crippen LogP contribution in [0, 0.1) is 0 Å². The maximum Gasteiger partial charge on any atom is 0.271 e. The molecule has 0 amide bonds. The molecule has 0 aliphatic rings. The molecule has 3 rings (SSSR count). The van der Waals surface area contributed by atoms with Gasteiger partial charge < -0.3 is 10.7 Å². The van der Waals surface area contributed by atoms with Crippen LogP contribution in [0.25, 0.3) is 11.0 Å². The molecular weight excluding hydrogens is 306 g/mol. The highest BCUT2D eigenvalue weighted by Crippen LogP contribution is 2.33. The van der Waals surface area contributed by atoms with Gasteiger partial charge in [0.05, 0.1) is 16.1 Å². The van der Waals surface area contributed by atoms with E-state index in [0.29, 0.717) is 22.2 Å². The molecule has 3 N–H and O–H groups in total. The normalized spacial score (nSPS) is 10.9. The molecule has 0 saturated carbocycles. The summed E-state index contributed by atoms with van der Waals surface area (Å²) in [7, 11) is 0. The number of benzene rings is 2. The van der Waals surface area contributed by atoms with E-state index in [1.807, 2.05) is 24.3 Å². The Bertz CT molecular complexity index is 843. The van der Waals surface area contributed by atoms with Gasteiger partial charge in [0, 0.05) is 16.3 Å². The number of aromatic nitrogens is 2. The van der Waals surface area contributed by atoms with Crippen molar-refractivity contribution in [1.29, 1.82) is 0 Å². The van der Waals surface area contributed by atoms with Crippen LogP contribution in [-0.2, 0) is 5.75 Å². The zero-order valence-corrected chi connectivity index (χ0v) is 12.5. The summed E-state index contributed by atoms with van der Waals surface area (Å²) in [5, 5.41) is 0.581. The predicted octanol–water partition coefficient (Wildman–Crippen LogP) is 3.45. The molecule has 4 nitrogen and oxygen atoms in total. The first-order valence-corrected chi connectivity index (χ1v) is 7.66. The summed E-state index contributed by atoms with van der Waals surface area (Å²) in [6.45, 7) is 0. The topological polar surface area (TPSA) is 71.8 Å². The number of nitrogens with one attached hydrogen (secondary N) is 1. The van der Waals surface area contributed by atoms with Crippen LogP contribution in [0.5, 0.6) is 0 Å². The summed E-state index contributed by atoms with van der Waals surface area (Å²) >= 11 is 7.53. The Morgan fingerprint density at radius 3 is 2.81 bits per heavy atom. The number of anilines is 1. The number of fused-ring (bicyclic) bond motifs is 1. The molecule has 0 unspecified atom stereocenters. The average molecular weight is 318 g/mol. The van der Waals surface area contributed by atoms with Crippen molar-refractivity contribution in [3.05, 3.63) is 63.5 Å². The van der Waals surface area contributed by atoms with E-state index in [-0.39, 0.29) is 5.56 Å². The molecule has 0 bridgehead atoms. The lowest BCUT2D eigenvalue weighted by Crippen LogP contribution is -2.14.